The smallest absolute Gasteiger partial charge is 0.251 e. The first-order valence-electron chi connectivity index (χ1n) is 7.28. The van der Waals surface area contributed by atoms with Gasteiger partial charge < -0.3 is 10.1 Å². The largest absolute Gasteiger partial charge is 0.486 e. The Morgan fingerprint density at radius 2 is 2.09 bits per heavy atom. The number of ether oxygens (including phenoxy) is 1. The topological polar surface area (TPSA) is 81.9 Å². The molecule has 1 amide bonds. The quantitative estimate of drug-likeness (QED) is 0.882. The van der Waals surface area contributed by atoms with Crippen molar-refractivity contribution in [3.63, 3.8) is 0 Å². The van der Waals surface area contributed by atoms with Gasteiger partial charge in [-0.1, -0.05) is 6.07 Å². The number of benzene rings is 1. The van der Waals surface area contributed by atoms with Crippen LogP contribution in [0.25, 0.3) is 0 Å². The Bertz CT molecular complexity index is 636. The molecule has 1 aromatic carbocycles. The zero-order valence-electron chi connectivity index (χ0n) is 13.3. The maximum Gasteiger partial charge on any atom is 0.251 e. The van der Waals surface area contributed by atoms with Crippen LogP contribution in [0.3, 0.4) is 0 Å². The summed E-state index contributed by atoms with van der Waals surface area (Å²) in [5, 5.41) is 14.4. The third-order valence-electron chi connectivity index (χ3n) is 2.93. The standard InChI is InChI=1S/C15H21N5O2/c1-10(2)16-15(21)12-6-5-7-13(8-12)22-9-14-17-18-19-20(14)11(3)4/h5-8,10-11H,9H2,1-4H3,(H,16,21). The van der Waals surface area contributed by atoms with Crippen molar-refractivity contribution >= 4 is 5.91 Å². The minimum Gasteiger partial charge on any atom is -0.486 e. The van der Waals surface area contributed by atoms with E-state index in [0.29, 0.717) is 17.1 Å². The highest BCUT2D eigenvalue weighted by Gasteiger charge is 2.11. The van der Waals surface area contributed by atoms with E-state index in [2.05, 4.69) is 20.8 Å². The van der Waals surface area contributed by atoms with Gasteiger partial charge in [0.2, 0.25) is 0 Å². The fourth-order valence-corrected chi connectivity index (χ4v) is 1.93. The summed E-state index contributed by atoms with van der Waals surface area (Å²) in [5.41, 5.74) is 0.564. The van der Waals surface area contributed by atoms with Crippen LogP contribution in [-0.2, 0) is 6.61 Å². The average Bonchev–Trinajstić information content (AvgIpc) is 2.93. The molecule has 2 aromatic rings. The van der Waals surface area contributed by atoms with Gasteiger partial charge in [-0.25, -0.2) is 4.68 Å². The Kier molecular flexibility index (Phi) is 5.08. The van der Waals surface area contributed by atoms with E-state index in [9.17, 15) is 4.79 Å². The first-order valence-corrected chi connectivity index (χ1v) is 7.28. The molecule has 7 nitrogen and oxygen atoms in total. The molecule has 0 spiro atoms. The number of aromatic nitrogens is 4. The third kappa shape index (κ3) is 4.03. The van der Waals surface area contributed by atoms with E-state index in [-0.39, 0.29) is 24.6 Å². The summed E-state index contributed by atoms with van der Waals surface area (Å²) in [6.45, 7) is 8.09. The van der Waals surface area contributed by atoms with Crippen LogP contribution in [0.15, 0.2) is 24.3 Å². The second-order valence-electron chi connectivity index (χ2n) is 5.58. The van der Waals surface area contributed by atoms with Gasteiger partial charge in [0.25, 0.3) is 5.91 Å². The highest BCUT2D eigenvalue weighted by molar-refractivity contribution is 5.94. The van der Waals surface area contributed by atoms with Crippen LogP contribution >= 0.6 is 0 Å². The van der Waals surface area contributed by atoms with Crippen LogP contribution < -0.4 is 10.1 Å². The summed E-state index contributed by atoms with van der Waals surface area (Å²) >= 11 is 0. The molecule has 1 aromatic heterocycles. The Hall–Kier alpha value is -2.44. The molecule has 0 radical (unpaired) electrons. The molecular formula is C15H21N5O2. The fraction of sp³-hybridized carbons (Fsp3) is 0.467. The van der Waals surface area contributed by atoms with Crippen LogP contribution in [0.4, 0.5) is 0 Å². The van der Waals surface area contributed by atoms with Crippen LogP contribution in [0.5, 0.6) is 5.75 Å². The Morgan fingerprint density at radius 3 is 2.77 bits per heavy atom. The summed E-state index contributed by atoms with van der Waals surface area (Å²) in [5.74, 6) is 1.13. The monoisotopic (exact) mass is 303 g/mol. The number of nitrogens with one attached hydrogen (secondary N) is 1. The van der Waals surface area contributed by atoms with Crippen molar-refractivity contribution in [3.05, 3.63) is 35.7 Å². The van der Waals surface area contributed by atoms with Crippen LogP contribution in [0.1, 0.15) is 49.9 Å². The molecule has 0 aliphatic carbocycles. The van der Waals surface area contributed by atoms with E-state index < -0.39 is 0 Å². The highest BCUT2D eigenvalue weighted by Crippen LogP contribution is 2.15. The summed E-state index contributed by atoms with van der Waals surface area (Å²) in [6, 6.07) is 7.31. The van der Waals surface area contributed by atoms with Gasteiger partial charge in [-0.2, -0.15) is 0 Å². The average molecular weight is 303 g/mol. The Morgan fingerprint density at radius 1 is 1.32 bits per heavy atom. The van der Waals surface area contributed by atoms with Crippen molar-refractivity contribution in [2.24, 2.45) is 0 Å². The number of amides is 1. The maximum atomic E-state index is 12.0. The third-order valence-corrected chi connectivity index (χ3v) is 2.93. The van der Waals surface area contributed by atoms with Gasteiger partial charge in [0.1, 0.15) is 12.4 Å². The van der Waals surface area contributed by atoms with E-state index in [1.165, 1.54) is 0 Å². The highest BCUT2D eigenvalue weighted by atomic mass is 16.5. The normalized spacial score (nSPS) is 11.0. The first kappa shape index (κ1) is 15.9. The van der Waals surface area contributed by atoms with E-state index >= 15 is 0 Å². The molecule has 0 aliphatic heterocycles. The number of nitrogens with zero attached hydrogens (tertiary/aromatic N) is 4. The molecule has 0 unspecified atom stereocenters. The molecule has 0 saturated heterocycles. The number of hydrogen-bond donors (Lipinski definition) is 1. The zero-order chi connectivity index (χ0) is 16.1. The van der Waals surface area contributed by atoms with E-state index in [1.807, 2.05) is 27.7 Å². The molecule has 0 bridgehead atoms. The molecule has 7 heteroatoms. The molecule has 118 valence electrons. The summed E-state index contributed by atoms with van der Waals surface area (Å²) in [6.07, 6.45) is 0. The maximum absolute atomic E-state index is 12.0. The predicted octanol–water partition coefficient (Wildman–Crippen LogP) is 1.97. The van der Waals surface area contributed by atoms with Crippen molar-refractivity contribution in [2.75, 3.05) is 0 Å². The van der Waals surface area contributed by atoms with Gasteiger partial charge in [0.15, 0.2) is 5.82 Å². The fourth-order valence-electron chi connectivity index (χ4n) is 1.93. The van der Waals surface area contributed by atoms with Crippen molar-refractivity contribution in [1.29, 1.82) is 0 Å². The minimum absolute atomic E-state index is 0.0905. The van der Waals surface area contributed by atoms with Crippen molar-refractivity contribution in [2.45, 2.75) is 46.4 Å². The van der Waals surface area contributed by atoms with E-state index in [1.54, 1.807) is 28.9 Å². The Labute approximate surface area is 129 Å². The van der Waals surface area contributed by atoms with Crippen LogP contribution in [-0.4, -0.2) is 32.2 Å². The SMILES string of the molecule is CC(C)NC(=O)c1cccc(OCc2nnnn2C(C)C)c1. The van der Waals surface area contributed by atoms with Gasteiger partial charge in [-0.3, -0.25) is 4.79 Å². The molecular weight excluding hydrogens is 282 g/mol. The molecule has 0 atom stereocenters. The van der Waals surface area contributed by atoms with Crippen molar-refractivity contribution in [1.82, 2.24) is 25.5 Å². The van der Waals surface area contributed by atoms with Gasteiger partial charge >= 0.3 is 0 Å². The molecule has 0 fully saturated rings. The number of carbonyl (C=O) groups excluding carboxylic acids is 1. The second-order valence-corrected chi connectivity index (χ2v) is 5.58. The number of carbonyl (C=O) groups is 1. The van der Waals surface area contributed by atoms with Gasteiger partial charge in [0.05, 0.1) is 6.04 Å². The molecule has 1 N–H and O–H groups in total. The Balaban J connectivity index is 2.04. The lowest BCUT2D eigenvalue weighted by Crippen LogP contribution is -2.30. The van der Waals surface area contributed by atoms with Gasteiger partial charge in [-0.15, -0.1) is 5.10 Å². The lowest BCUT2D eigenvalue weighted by molar-refractivity contribution is 0.0942. The second kappa shape index (κ2) is 7.02. The number of rotatable bonds is 6. The number of tetrazole rings is 1. The lowest BCUT2D eigenvalue weighted by Gasteiger charge is -2.11. The zero-order valence-corrected chi connectivity index (χ0v) is 13.3. The van der Waals surface area contributed by atoms with Crippen molar-refractivity contribution in [3.8, 4) is 5.75 Å². The predicted molar refractivity (Wildman–Crippen MR) is 81.6 cm³/mol. The van der Waals surface area contributed by atoms with Gasteiger partial charge in [-0.05, 0) is 56.3 Å². The minimum atomic E-state index is -0.118. The first-order chi connectivity index (χ1) is 10.5. The summed E-state index contributed by atoms with van der Waals surface area (Å²) < 4.78 is 7.40. The molecule has 0 aliphatic rings. The number of hydrogen-bond acceptors (Lipinski definition) is 5. The summed E-state index contributed by atoms with van der Waals surface area (Å²) in [4.78, 5) is 12.0. The van der Waals surface area contributed by atoms with E-state index in [0.717, 1.165) is 0 Å². The van der Waals surface area contributed by atoms with Crippen molar-refractivity contribution < 1.29 is 9.53 Å². The van der Waals surface area contributed by atoms with Crippen LogP contribution in [0, 0.1) is 0 Å². The molecule has 2 rings (SSSR count). The van der Waals surface area contributed by atoms with E-state index in [4.69, 9.17) is 4.74 Å². The van der Waals surface area contributed by atoms with Crippen LogP contribution in [0.2, 0.25) is 0 Å². The lowest BCUT2D eigenvalue weighted by atomic mass is 10.2. The molecule has 0 saturated carbocycles. The summed E-state index contributed by atoms with van der Waals surface area (Å²) in [7, 11) is 0. The molecule has 1 heterocycles. The molecule has 22 heavy (non-hydrogen) atoms. The van der Waals surface area contributed by atoms with Gasteiger partial charge in [0, 0.05) is 11.6 Å².